The minimum Gasteiger partial charge on any atom is -0.481 e. The molecule has 3 rings (SSSR count). The Labute approximate surface area is 211 Å². The number of hydrogen-bond donors (Lipinski definition) is 1. The fourth-order valence-corrected chi connectivity index (χ4v) is 6.85. The number of alkyl halides is 2. The molecule has 0 bridgehead atoms. The number of halogens is 2. The third-order valence-corrected chi connectivity index (χ3v) is 8.98. The van der Waals surface area contributed by atoms with Crippen LogP contribution in [0.15, 0.2) is 24.3 Å². The summed E-state index contributed by atoms with van der Waals surface area (Å²) in [4.78, 5) is 11.6. The van der Waals surface area contributed by atoms with Gasteiger partial charge < -0.3 is 9.84 Å². The van der Waals surface area contributed by atoms with E-state index < -0.39 is 12.6 Å². The van der Waals surface area contributed by atoms with Crippen LogP contribution in [0.2, 0.25) is 0 Å². The quantitative estimate of drug-likeness (QED) is 0.263. The van der Waals surface area contributed by atoms with Crippen LogP contribution < -0.4 is 4.74 Å². The molecule has 0 aromatic heterocycles. The van der Waals surface area contributed by atoms with E-state index in [9.17, 15) is 18.7 Å². The molecule has 0 heterocycles. The number of carboxylic acids is 1. The predicted molar refractivity (Wildman–Crippen MR) is 137 cm³/mol. The van der Waals surface area contributed by atoms with Gasteiger partial charge in [-0.25, -0.2) is 0 Å². The number of aliphatic carboxylic acids is 1. The van der Waals surface area contributed by atoms with E-state index in [1.807, 2.05) is 12.1 Å². The molecule has 2 aliphatic rings. The van der Waals surface area contributed by atoms with Gasteiger partial charge >= 0.3 is 12.6 Å². The van der Waals surface area contributed by atoms with Gasteiger partial charge in [-0.2, -0.15) is 8.78 Å². The Morgan fingerprint density at radius 3 is 2.03 bits per heavy atom. The first kappa shape index (κ1) is 27.9. The van der Waals surface area contributed by atoms with E-state index in [0.717, 1.165) is 18.8 Å². The van der Waals surface area contributed by atoms with E-state index in [4.69, 9.17) is 0 Å². The minimum atomic E-state index is -2.82. The summed E-state index contributed by atoms with van der Waals surface area (Å²) in [5, 5.41) is 9.53. The van der Waals surface area contributed by atoms with E-state index in [-0.39, 0.29) is 17.1 Å². The zero-order valence-corrected chi connectivity index (χ0v) is 21.7. The Kier molecular flexibility index (Phi) is 11.3. The zero-order valence-electron chi connectivity index (χ0n) is 21.7. The lowest BCUT2D eigenvalue weighted by molar-refractivity contribution is -0.143. The van der Waals surface area contributed by atoms with E-state index in [1.54, 1.807) is 12.1 Å². The van der Waals surface area contributed by atoms with E-state index in [1.165, 1.54) is 89.0 Å². The van der Waals surface area contributed by atoms with Crippen molar-refractivity contribution in [2.24, 2.45) is 17.8 Å². The first-order valence-corrected chi connectivity index (χ1v) is 14.2. The van der Waals surface area contributed by atoms with Crippen molar-refractivity contribution >= 4 is 5.97 Å². The summed E-state index contributed by atoms with van der Waals surface area (Å²) in [5.74, 6) is 0.595. The molecule has 2 aliphatic carbocycles. The molecule has 1 aromatic carbocycles. The van der Waals surface area contributed by atoms with Gasteiger partial charge in [-0.3, -0.25) is 4.79 Å². The normalized spacial score (nSPS) is 27.1. The lowest BCUT2D eigenvalue weighted by Crippen LogP contribution is -2.42. The average molecular weight is 493 g/mol. The Morgan fingerprint density at radius 2 is 1.49 bits per heavy atom. The van der Waals surface area contributed by atoms with Crippen LogP contribution in [0.1, 0.15) is 122 Å². The van der Waals surface area contributed by atoms with Crippen LogP contribution in [0.25, 0.3) is 0 Å². The summed E-state index contributed by atoms with van der Waals surface area (Å²) in [7, 11) is 0. The molecule has 0 amide bonds. The number of carboxylic acid groups (broad SMARTS) is 1. The summed E-state index contributed by atoms with van der Waals surface area (Å²) in [6.45, 7) is -0.559. The van der Waals surface area contributed by atoms with Gasteiger partial charge in [0.1, 0.15) is 5.75 Å². The van der Waals surface area contributed by atoms with Crippen molar-refractivity contribution in [3.05, 3.63) is 29.8 Å². The maximum absolute atomic E-state index is 12.6. The predicted octanol–water partition coefficient (Wildman–Crippen LogP) is 9.14. The highest BCUT2D eigenvalue weighted by atomic mass is 19.3. The smallest absolute Gasteiger partial charge is 0.387 e. The van der Waals surface area contributed by atoms with Gasteiger partial charge in [-0.05, 0) is 73.5 Å². The fraction of sp³-hybridized carbons (Fsp3) is 0.767. The third-order valence-electron chi connectivity index (χ3n) is 8.98. The summed E-state index contributed by atoms with van der Waals surface area (Å²) in [5.41, 5.74) is 1.13. The van der Waals surface area contributed by atoms with Crippen LogP contribution in [-0.4, -0.2) is 17.7 Å². The van der Waals surface area contributed by atoms with Crippen LogP contribution in [-0.2, 0) is 10.2 Å². The van der Waals surface area contributed by atoms with Crippen molar-refractivity contribution in [3.63, 3.8) is 0 Å². The van der Waals surface area contributed by atoms with Crippen molar-refractivity contribution < 1.29 is 23.4 Å². The second kappa shape index (κ2) is 14.2. The number of rotatable bonds is 14. The summed E-state index contributed by atoms with van der Waals surface area (Å²) >= 11 is 0. The summed E-state index contributed by atoms with van der Waals surface area (Å²) in [6, 6.07) is 7.21. The highest BCUT2D eigenvalue weighted by Gasteiger charge is 2.45. The Balaban J connectivity index is 1.54. The number of unbranched alkanes of at least 4 members (excludes halogenated alkanes) is 7. The van der Waals surface area contributed by atoms with E-state index >= 15 is 0 Å². The molecule has 0 unspecified atom stereocenters. The second-order valence-corrected chi connectivity index (χ2v) is 11.2. The second-order valence-electron chi connectivity index (χ2n) is 11.2. The van der Waals surface area contributed by atoms with Crippen molar-refractivity contribution in [2.75, 3.05) is 0 Å². The molecule has 2 saturated carbocycles. The SMILES string of the molecule is CCCCCCCCCCC1CCC(C2(c3ccc(OC(F)F)cc3)CCC(C(=O)O)CC2)CC1. The maximum Gasteiger partial charge on any atom is 0.387 e. The Hall–Kier alpha value is -1.65. The van der Waals surface area contributed by atoms with E-state index in [0.29, 0.717) is 18.8 Å². The van der Waals surface area contributed by atoms with E-state index in [2.05, 4.69) is 11.7 Å². The fourth-order valence-electron chi connectivity index (χ4n) is 6.85. The van der Waals surface area contributed by atoms with Crippen molar-refractivity contribution in [2.45, 2.75) is 128 Å². The van der Waals surface area contributed by atoms with Crippen LogP contribution >= 0.6 is 0 Å². The maximum atomic E-state index is 12.6. The highest BCUT2D eigenvalue weighted by Crippen LogP contribution is 2.52. The topological polar surface area (TPSA) is 46.5 Å². The number of benzene rings is 1. The van der Waals surface area contributed by atoms with Gasteiger partial charge in [0.15, 0.2) is 0 Å². The number of hydrogen-bond acceptors (Lipinski definition) is 2. The molecule has 198 valence electrons. The zero-order chi connectivity index (χ0) is 25.1. The monoisotopic (exact) mass is 492 g/mol. The molecule has 1 aromatic rings. The lowest BCUT2D eigenvalue weighted by atomic mass is 9.56. The summed E-state index contributed by atoms with van der Waals surface area (Å²) < 4.78 is 29.8. The largest absolute Gasteiger partial charge is 0.481 e. The molecular formula is C30H46F2O3. The molecule has 5 heteroatoms. The first-order chi connectivity index (χ1) is 16.9. The molecule has 0 saturated heterocycles. The molecule has 2 fully saturated rings. The molecule has 0 atom stereocenters. The van der Waals surface area contributed by atoms with Gasteiger partial charge in [0.05, 0.1) is 5.92 Å². The van der Waals surface area contributed by atoms with Crippen molar-refractivity contribution in [1.29, 1.82) is 0 Å². The molecule has 0 radical (unpaired) electrons. The molecule has 1 N–H and O–H groups in total. The standard InChI is InChI=1S/C30H46F2O3/c1-2-3-4-5-6-7-8-9-10-23-11-13-25(14-12-23)30(21-19-24(20-22-30)28(33)34)26-15-17-27(18-16-26)35-29(31)32/h15-18,23-25,29H,2-14,19-22H2,1H3,(H,33,34). The molecule has 0 aliphatic heterocycles. The van der Waals surface area contributed by atoms with Crippen LogP contribution in [0.5, 0.6) is 5.75 Å². The van der Waals surface area contributed by atoms with Gasteiger partial charge in [0, 0.05) is 0 Å². The van der Waals surface area contributed by atoms with Gasteiger partial charge in [0.2, 0.25) is 0 Å². The molecular weight excluding hydrogens is 446 g/mol. The molecule has 0 spiro atoms. The Morgan fingerprint density at radius 1 is 0.914 bits per heavy atom. The number of ether oxygens (including phenoxy) is 1. The van der Waals surface area contributed by atoms with Crippen molar-refractivity contribution in [1.82, 2.24) is 0 Å². The minimum absolute atomic E-state index is 0.0429. The van der Waals surface area contributed by atoms with Crippen molar-refractivity contribution in [3.8, 4) is 5.75 Å². The third kappa shape index (κ3) is 8.18. The average Bonchev–Trinajstić information content (AvgIpc) is 2.86. The van der Waals surface area contributed by atoms with Crippen LogP contribution in [0.3, 0.4) is 0 Å². The molecule has 3 nitrogen and oxygen atoms in total. The Bertz CT molecular complexity index is 732. The van der Waals surface area contributed by atoms with Gasteiger partial charge in [-0.1, -0.05) is 89.7 Å². The summed E-state index contributed by atoms with van der Waals surface area (Å²) in [6.07, 6.45) is 20.3. The van der Waals surface area contributed by atoms with Gasteiger partial charge in [-0.15, -0.1) is 0 Å². The number of carbonyl (C=O) groups is 1. The van der Waals surface area contributed by atoms with Gasteiger partial charge in [0.25, 0.3) is 0 Å². The first-order valence-electron chi connectivity index (χ1n) is 14.2. The van der Waals surface area contributed by atoms with Crippen LogP contribution in [0.4, 0.5) is 8.78 Å². The lowest BCUT2D eigenvalue weighted by Gasteiger charge is -2.48. The van der Waals surface area contributed by atoms with Crippen LogP contribution in [0, 0.1) is 17.8 Å². The highest BCUT2D eigenvalue weighted by molar-refractivity contribution is 5.70. The molecule has 35 heavy (non-hydrogen) atoms.